The van der Waals surface area contributed by atoms with Gasteiger partial charge in [0.05, 0.1) is 11.2 Å². The summed E-state index contributed by atoms with van der Waals surface area (Å²) in [6.45, 7) is 2.34. The zero-order valence-electron chi connectivity index (χ0n) is 12.9. The minimum Gasteiger partial charge on any atom is -0.484 e. The first-order valence-corrected chi connectivity index (χ1v) is 8.66. The third kappa shape index (κ3) is 4.18. The van der Waals surface area contributed by atoms with E-state index in [4.69, 9.17) is 20.8 Å². The van der Waals surface area contributed by atoms with Gasteiger partial charge in [-0.1, -0.05) is 42.4 Å². The second kappa shape index (κ2) is 8.03. The second-order valence-corrected chi connectivity index (χ2v) is 6.30. The zero-order valence-corrected chi connectivity index (χ0v) is 14.5. The molecule has 0 spiro atoms. The number of aromatic nitrogens is 3. The molecule has 1 aromatic carbocycles. The van der Waals surface area contributed by atoms with Crippen LogP contribution in [0.3, 0.4) is 0 Å². The second-order valence-electron chi connectivity index (χ2n) is 4.66. The molecular weight excluding hydrogens is 348 g/mol. The van der Waals surface area contributed by atoms with Gasteiger partial charge in [-0.05, 0) is 30.0 Å². The fourth-order valence-corrected chi connectivity index (χ4v) is 2.67. The summed E-state index contributed by atoms with van der Waals surface area (Å²) in [7, 11) is 0. The van der Waals surface area contributed by atoms with Crippen LogP contribution in [-0.4, -0.2) is 26.8 Å². The summed E-state index contributed by atoms with van der Waals surface area (Å²) in [5.74, 6) is 2.83. The van der Waals surface area contributed by atoms with Gasteiger partial charge in [-0.25, -0.2) is 0 Å². The Kier molecular flexibility index (Phi) is 5.55. The van der Waals surface area contributed by atoms with Crippen LogP contribution in [0.5, 0.6) is 5.75 Å². The van der Waals surface area contributed by atoms with Crippen molar-refractivity contribution in [2.45, 2.75) is 18.7 Å². The Bertz CT molecular complexity index is 831. The van der Waals surface area contributed by atoms with Gasteiger partial charge >= 0.3 is 0 Å². The highest BCUT2D eigenvalue weighted by Gasteiger charge is 2.05. The molecule has 0 amide bonds. The lowest BCUT2D eigenvalue weighted by Crippen LogP contribution is -1.94. The molecule has 0 saturated carbocycles. The molecule has 3 aromatic rings. The standard InChI is InChI=1S/C16H15ClN4O2S/c1-2-24-16-20-18-11-21(16)19-9-12-7-8-13(23-12)10-22-15-6-4-3-5-14(15)17/h3-9,11H,2,10H2,1H3. The predicted molar refractivity (Wildman–Crippen MR) is 93.9 cm³/mol. The van der Waals surface area contributed by atoms with Gasteiger partial charge in [-0.15, -0.1) is 10.2 Å². The van der Waals surface area contributed by atoms with Gasteiger partial charge in [0, 0.05) is 0 Å². The molecule has 0 radical (unpaired) electrons. The van der Waals surface area contributed by atoms with Crippen molar-refractivity contribution in [1.82, 2.24) is 14.9 Å². The summed E-state index contributed by atoms with van der Waals surface area (Å²) in [6, 6.07) is 11.0. The van der Waals surface area contributed by atoms with Crippen LogP contribution in [0, 0.1) is 0 Å². The van der Waals surface area contributed by atoms with Crippen LogP contribution in [0.4, 0.5) is 0 Å². The molecule has 0 bridgehead atoms. The number of rotatable bonds is 7. The molecule has 0 unspecified atom stereocenters. The molecule has 0 atom stereocenters. The number of para-hydroxylation sites is 1. The maximum Gasteiger partial charge on any atom is 0.211 e. The van der Waals surface area contributed by atoms with E-state index in [0.29, 0.717) is 28.9 Å². The number of halogens is 1. The van der Waals surface area contributed by atoms with Crippen LogP contribution in [0.2, 0.25) is 5.02 Å². The van der Waals surface area contributed by atoms with E-state index in [1.54, 1.807) is 35.0 Å². The molecule has 2 heterocycles. The minimum atomic E-state index is 0.293. The molecule has 0 aliphatic carbocycles. The smallest absolute Gasteiger partial charge is 0.211 e. The van der Waals surface area contributed by atoms with Crippen LogP contribution in [0.1, 0.15) is 18.4 Å². The van der Waals surface area contributed by atoms with Crippen LogP contribution in [-0.2, 0) is 6.61 Å². The first-order valence-electron chi connectivity index (χ1n) is 7.29. The van der Waals surface area contributed by atoms with Crippen LogP contribution >= 0.6 is 23.4 Å². The van der Waals surface area contributed by atoms with E-state index in [1.807, 2.05) is 37.3 Å². The Morgan fingerprint density at radius 1 is 1.33 bits per heavy atom. The number of ether oxygens (including phenoxy) is 1. The topological polar surface area (TPSA) is 65.4 Å². The number of benzene rings is 1. The van der Waals surface area contributed by atoms with E-state index in [9.17, 15) is 0 Å². The molecule has 6 nitrogen and oxygen atoms in total. The highest BCUT2D eigenvalue weighted by Crippen LogP contribution is 2.24. The van der Waals surface area contributed by atoms with Gasteiger partial charge < -0.3 is 9.15 Å². The fraction of sp³-hybridized carbons (Fsp3) is 0.188. The van der Waals surface area contributed by atoms with Gasteiger partial charge in [0.15, 0.2) is 0 Å². The summed E-state index contributed by atoms with van der Waals surface area (Å²) in [5.41, 5.74) is 0. The van der Waals surface area contributed by atoms with Crippen molar-refractivity contribution in [3.8, 4) is 5.75 Å². The molecule has 0 saturated heterocycles. The monoisotopic (exact) mass is 362 g/mol. The number of hydrogen-bond acceptors (Lipinski definition) is 6. The molecule has 8 heteroatoms. The van der Waals surface area contributed by atoms with Crippen LogP contribution in [0.15, 0.2) is 57.4 Å². The van der Waals surface area contributed by atoms with Crippen molar-refractivity contribution in [3.05, 3.63) is 59.3 Å². The Hall–Kier alpha value is -2.25. The van der Waals surface area contributed by atoms with Crippen molar-refractivity contribution < 1.29 is 9.15 Å². The summed E-state index contributed by atoms with van der Waals surface area (Å²) in [4.78, 5) is 0. The maximum absolute atomic E-state index is 6.05. The largest absolute Gasteiger partial charge is 0.484 e. The van der Waals surface area contributed by atoms with Crippen LogP contribution < -0.4 is 4.74 Å². The number of nitrogens with zero attached hydrogens (tertiary/aromatic N) is 4. The zero-order chi connectivity index (χ0) is 16.8. The maximum atomic E-state index is 6.05. The van der Waals surface area contributed by atoms with E-state index in [0.717, 1.165) is 10.9 Å². The molecule has 0 aliphatic heterocycles. The predicted octanol–water partition coefficient (Wildman–Crippen LogP) is 4.10. The normalized spacial score (nSPS) is 11.2. The number of hydrogen-bond donors (Lipinski definition) is 0. The van der Waals surface area contributed by atoms with Gasteiger partial charge in [0.1, 0.15) is 30.2 Å². The van der Waals surface area contributed by atoms with Crippen molar-refractivity contribution in [1.29, 1.82) is 0 Å². The average Bonchev–Trinajstić information content (AvgIpc) is 3.22. The van der Waals surface area contributed by atoms with E-state index in [-0.39, 0.29) is 0 Å². The summed E-state index contributed by atoms with van der Waals surface area (Å²) in [5, 5.41) is 13.4. The molecule has 0 aliphatic rings. The minimum absolute atomic E-state index is 0.293. The van der Waals surface area contributed by atoms with Crippen molar-refractivity contribution in [2.24, 2.45) is 5.10 Å². The van der Waals surface area contributed by atoms with Crippen molar-refractivity contribution in [2.75, 3.05) is 5.75 Å². The van der Waals surface area contributed by atoms with Gasteiger partial charge in [-0.3, -0.25) is 0 Å². The summed E-state index contributed by atoms with van der Waals surface area (Å²) in [6.07, 6.45) is 3.17. The molecule has 3 rings (SSSR count). The average molecular weight is 363 g/mol. The summed E-state index contributed by atoms with van der Waals surface area (Å²) < 4.78 is 12.9. The SMILES string of the molecule is CCSc1nncn1N=Cc1ccc(COc2ccccc2Cl)o1. The molecule has 2 aromatic heterocycles. The van der Waals surface area contributed by atoms with Crippen LogP contribution in [0.25, 0.3) is 0 Å². The van der Waals surface area contributed by atoms with E-state index < -0.39 is 0 Å². The quantitative estimate of drug-likeness (QED) is 0.467. The number of thioether (sulfide) groups is 1. The Balaban J connectivity index is 1.62. The molecular formula is C16H15ClN4O2S. The highest BCUT2D eigenvalue weighted by atomic mass is 35.5. The van der Waals surface area contributed by atoms with Crippen molar-refractivity contribution in [3.63, 3.8) is 0 Å². The Morgan fingerprint density at radius 2 is 2.21 bits per heavy atom. The van der Waals surface area contributed by atoms with Gasteiger partial charge in [-0.2, -0.15) is 9.78 Å². The lowest BCUT2D eigenvalue weighted by atomic mass is 10.3. The first kappa shape index (κ1) is 16.6. The van der Waals surface area contributed by atoms with E-state index >= 15 is 0 Å². The lowest BCUT2D eigenvalue weighted by molar-refractivity contribution is 0.270. The highest BCUT2D eigenvalue weighted by molar-refractivity contribution is 7.99. The number of furan rings is 1. The molecule has 24 heavy (non-hydrogen) atoms. The van der Waals surface area contributed by atoms with E-state index in [1.165, 1.54) is 0 Å². The first-order chi connectivity index (χ1) is 11.8. The Morgan fingerprint density at radius 3 is 3.04 bits per heavy atom. The third-order valence-corrected chi connectivity index (χ3v) is 4.10. The van der Waals surface area contributed by atoms with Crippen molar-refractivity contribution >= 4 is 29.6 Å². The third-order valence-electron chi connectivity index (χ3n) is 2.97. The van der Waals surface area contributed by atoms with Gasteiger partial charge in [0.2, 0.25) is 5.16 Å². The summed E-state index contributed by atoms with van der Waals surface area (Å²) >= 11 is 7.62. The fourth-order valence-electron chi connectivity index (χ4n) is 1.89. The molecule has 124 valence electrons. The van der Waals surface area contributed by atoms with Gasteiger partial charge in [0.25, 0.3) is 0 Å². The lowest BCUT2D eigenvalue weighted by Gasteiger charge is -2.05. The molecule has 0 fully saturated rings. The van der Waals surface area contributed by atoms with E-state index in [2.05, 4.69) is 15.3 Å². The Labute approximate surface area is 148 Å². The molecule has 0 N–H and O–H groups in total.